The molecule has 1 aliphatic rings. The molecule has 0 spiro atoms. The van der Waals surface area contributed by atoms with Crippen molar-refractivity contribution in [3.8, 4) is 17.1 Å². The van der Waals surface area contributed by atoms with Crippen LogP contribution in [0.5, 0.6) is 5.75 Å². The van der Waals surface area contributed by atoms with Crippen LogP contribution in [0.15, 0.2) is 61.2 Å². The molecule has 1 unspecified atom stereocenters. The summed E-state index contributed by atoms with van der Waals surface area (Å²) in [6.45, 7) is 1.02. The third kappa shape index (κ3) is 4.13. The van der Waals surface area contributed by atoms with Crippen LogP contribution in [-0.2, 0) is 11.2 Å². The van der Waals surface area contributed by atoms with Crippen LogP contribution in [0.1, 0.15) is 15.9 Å². The third-order valence-corrected chi connectivity index (χ3v) is 5.67. The smallest absolute Gasteiger partial charge is 0.259 e. The van der Waals surface area contributed by atoms with Gasteiger partial charge in [-0.2, -0.15) is 30.0 Å². The van der Waals surface area contributed by atoms with Gasteiger partial charge < -0.3 is 14.4 Å². The van der Waals surface area contributed by atoms with E-state index in [2.05, 4.69) is 20.4 Å². The van der Waals surface area contributed by atoms with Gasteiger partial charge in [0.25, 0.3) is 5.91 Å². The zero-order chi connectivity index (χ0) is 23.5. The van der Waals surface area contributed by atoms with Gasteiger partial charge in [-0.15, -0.1) is 0 Å². The maximum absolute atomic E-state index is 15.4. The highest BCUT2D eigenvalue weighted by atomic mass is 19.1. The Morgan fingerprint density at radius 3 is 2.56 bits per heavy atom. The Kier molecular flexibility index (Phi) is 6.00. The Labute approximate surface area is 194 Å². The molecule has 1 atom stereocenters. The molecule has 4 aromatic rings. The van der Waals surface area contributed by atoms with Crippen molar-refractivity contribution in [2.24, 2.45) is 0 Å². The summed E-state index contributed by atoms with van der Waals surface area (Å²) in [6.07, 6.45) is 6.67. The van der Waals surface area contributed by atoms with Crippen LogP contribution in [0.4, 0.5) is 4.39 Å². The molecule has 10 nitrogen and oxygen atoms in total. The number of rotatable bonds is 6. The molecular formula is C23H22FN7O3. The van der Waals surface area contributed by atoms with Crippen LogP contribution in [0.2, 0.25) is 0 Å². The van der Waals surface area contributed by atoms with E-state index in [1.54, 1.807) is 23.4 Å². The summed E-state index contributed by atoms with van der Waals surface area (Å²) < 4.78 is 26.2. The number of carbonyl (C=O) groups is 1. The summed E-state index contributed by atoms with van der Waals surface area (Å²) in [5.74, 6) is -1.25. The van der Waals surface area contributed by atoms with Crippen molar-refractivity contribution >= 4 is 5.91 Å². The number of morpholine rings is 1. The average Bonchev–Trinajstić information content (AvgIpc) is 3.59. The second kappa shape index (κ2) is 9.40. The molecule has 0 aliphatic carbocycles. The molecule has 11 heteroatoms. The van der Waals surface area contributed by atoms with E-state index in [9.17, 15) is 4.79 Å². The van der Waals surface area contributed by atoms with Gasteiger partial charge in [0, 0.05) is 6.54 Å². The maximum Gasteiger partial charge on any atom is 0.259 e. The topological polar surface area (TPSA) is 100 Å². The molecule has 1 amide bonds. The van der Waals surface area contributed by atoms with Gasteiger partial charge >= 0.3 is 0 Å². The van der Waals surface area contributed by atoms with Crippen LogP contribution in [0, 0.1) is 5.82 Å². The number of aromatic nitrogens is 6. The van der Waals surface area contributed by atoms with E-state index in [1.807, 2.05) is 24.3 Å². The largest absolute Gasteiger partial charge is 0.494 e. The number of methoxy groups -OCH3 is 1. The first-order valence-corrected chi connectivity index (χ1v) is 10.7. The minimum absolute atomic E-state index is 0.0245. The molecular weight excluding hydrogens is 441 g/mol. The summed E-state index contributed by atoms with van der Waals surface area (Å²) in [4.78, 5) is 18.1. The fraction of sp³-hybridized carbons (Fsp3) is 0.261. The first-order chi connectivity index (χ1) is 16.7. The number of carbonyl (C=O) groups excluding carboxylic acids is 1. The predicted molar refractivity (Wildman–Crippen MR) is 119 cm³/mol. The van der Waals surface area contributed by atoms with Gasteiger partial charge in [-0.05, 0) is 36.2 Å². The standard InChI is InChI=1S/C23H22FN7O3/c1-33-20-6-5-19(31-27-9-10-28-31)21(22(20)24)23(32)29-11-12-34-15-18(29)14-16-3-2-4-17(13-16)30-25-7-8-26-30/h2-10,13,18H,11-12,14-15H2,1H3. The van der Waals surface area contributed by atoms with E-state index in [0.717, 1.165) is 11.3 Å². The number of ether oxygens (including phenoxy) is 2. The molecule has 0 bridgehead atoms. The second-order valence-corrected chi connectivity index (χ2v) is 7.71. The molecule has 0 N–H and O–H groups in total. The van der Waals surface area contributed by atoms with Crippen molar-refractivity contribution in [2.45, 2.75) is 12.5 Å². The molecule has 34 heavy (non-hydrogen) atoms. The molecule has 2 aromatic heterocycles. The minimum Gasteiger partial charge on any atom is -0.494 e. The Morgan fingerprint density at radius 2 is 1.82 bits per heavy atom. The number of halogens is 1. The summed E-state index contributed by atoms with van der Waals surface area (Å²) in [5, 5.41) is 16.5. The van der Waals surface area contributed by atoms with Crippen molar-refractivity contribution in [1.29, 1.82) is 0 Å². The second-order valence-electron chi connectivity index (χ2n) is 7.71. The Balaban J connectivity index is 1.47. The first kappa shape index (κ1) is 21.7. The van der Waals surface area contributed by atoms with E-state index in [-0.39, 0.29) is 23.0 Å². The normalized spacial score (nSPS) is 15.9. The number of nitrogens with zero attached hydrogens (tertiary/aromatic N) is 7. The first-order valence-electron chi connectivity index (χ1n) is 10.7. The lowest BCUT2D eigenvalue weighted by Gasteiger charge is -2.36. The highest BCUT2D eigenvalue weighted by Crippen LogP contribution is 2.28. The Morgan fingerprint density at radius 1 is 1.09 bits per heavy atom. The zero-order valence-corrected chi connectivity index (χ0v) is 18.4. The van der Waals surface area contributed by atoms with E-state index in [0.29, 0.717) is 26.2 Å². The predicted octanol–water partition coefficient (Wildman–Crippen LogP) is 2.08. The summed E-state index contributed by atoms with van der Waals surface area (Å²) in [6, 6.07) is 10.5. The Hall–Kier alpha value is -4.12. The summed E-state index contributed by atoms with van der Waals surface area (Å²) in [5.41, 5.74) is 1.88. The molecule has 0 radical (unpaired) electrons. The fourth-order valence-electron chi connectivity index (χ4n) is 4.08. The number of hydrogen-bond acceptors (Lipinski definition) is 7. The molecule has 3 heterocycles. The third-order valence-electron chi connectivity index (χ3n) is 5.67. The molecule has 1 fully saturated rings. The van der Waals surface area contributed by atoms with Gasteiger partial charge in [0.05, 0.1) is 56.8 Å². The van der Waals surface area contributed by atoms with Crippen LogP contribution >= 0.6 is 0 Å². The van der Waals surface area contributed by atoms with Crippen molar-refractivity contribution in [1.82, 2.24) is 34.9 Å². The van der Waals surface area contributed by atoms with Crippen LogP contribution in [0.3, 0.4) is 0 Å². The van der Waals surface area contributed by atoms with Gasteiger partial charge in [-0.1, -0.05) is 12.1 Å². The Bertz CT molecular complexity index is 1280. The maximum atomic E-state index is 15.4. The highest BCUT2D eigenvalue weighted by molar-refractivity contribution is 5.98. The molecule has 174 valence electrons. The summed E-state index contributed by atoms with van der Waals surface area (Å²) >= 11 is 0. The van der Waals surface area contributed by atoms with Gasteiger partial charge in [-0.3, -0.25) is 4.79 Å². The molecule has 0 saturated carbocycles. The van der Waals surface area contributed by atoms with Gasteiger partial charge in [0.1, 0.15) is 11.3 Å². The SMILES string of the molecule is COc1ccc(-n2nccn2)c(C(=O)N2CCOCC2Cc2cccc(-n3nccn3)c2)c1F. The van der Waals surface area contributed by atoms with Crippen molar-refractivity contribution in [3.63, 3.8) is 0 Å². The fourth-order valence-corrected chi connectivity index (χ4v) is 4.08. The number of hydrogen-bond donors (Lipinski definition) is 0. The van der Waals surface area contributed by atoms with Crippen molar-refractivity contribution in [2.75, 3.05) is 26.9 Å². The quantitative estimate of drug-likeness (QED) is 0.432. The van der Waals surface area contributed by atoms with Crippen LogP contribution in [-0.4, -0.2) is 73.7 Å². The van der Waals surface area contributed by atoms with E-state index in [1.165, 1.54) is 35.2 Å². The molecule has 2 aromatic carbocycles. The molecule has 5 rings (SSSR count). The molecule has 1 aliphatic heterocycles. The lowest BCUT2D eigenvalue weighted by molar-refractivity contribution is -0.00191. The van der Waals surface area contributed by atoms with Gasteiger partial charge in [-0.25, -0.2) is 4.39 Å². The monoisotopic (exact) mass is 463 g/mol. The minimum atomic E-state index is -0.751. The lowest BCUT2D eigenvalue weighted by Crippen LogP contribution is -2.50. The van der Waals surface area contributed by atoms with Crippen molar-refractivity contribution < 1.29 is 18.7 Å². The number of benzene rings is 2. The summed E-state index contributed by atoms with van der Waals surface area (Å²) in [7, 11) is 1.36. The van der Waals surface area contributed by atoms with E-state index < -0.39 is 11.7 Å². The van der Waals surface area contributed by atoms with E-state index >= 15 is 4.39 Å². The zero-order valence-electron chi connectivity index (χ0n) is 18.4. The van der Waals surface area contributed by atoms with Gasteiger partial charge in [0.15, 0.2) is 11.6 Å². The molecule has 1 saturated heterocycles. The average molecular weight is 463 g/mol. The van der Waals surface area contributed by atoms with Gasteiger partial charge in [0.2, 0.25) is 0 Å². The van der Waals surface area contributed by atoms with Crippen LogP contribution in [0.25, 0.3) is 11.4 Å². The van der Waals surface area contributed by atoms with E-state index in [4.69, 9.17) is 9.47 Å². The van der Waals surface area contributed by atoms with Crippen molar-refractivity contribution in [3.05, 3.63) is 78.1 Å². The lowest BCUT2D eigenvalue weighted by atomic mass is 10.0. The number of amides is 1. The highest BCUT2D eigenvalue weighted by Gasteiger charge is 2.33. The van der Waals surface area contributed by atoms with Crippen LogP contribution < -0.4 is 4.74 Å².